The minimum Gasteiger partial charge on any atom is -0.321 e. The van der Waals surface area contributed by atoms with E-state index in [0.29, 0.717) is 22.9 Å². The Kier molecular flexibility index (Phi) is 5.21. The maximum absolute atomic E-state index is 13.0. The first kappa shape index (κ1) is 20.6. The van der Waals surface area contributed by atoms with Crippen LogP contribution in [0.4, 0.5) is 10.5 Å². The second-order valence-electron chi connectivity index (χ2n) is 7.94. The summed E-state index contributed by atoms with van der Waals surface area (Å²) in [6.07, 6.45) is 0. The van der Waals surface area contributed by atoms with Crippen molar-refractivity contribution in [1.29, 1.82) is 0 Å². The van der Waals surface area contributed by atoms with Crippen molar-refractivity contribution in [2.24, 2.45) is 7.05 Å². The summed E-state index contributed by atoms with van der Waals surface area (Å²) in [7, 11) is 1.78. The summed E-state index contributed by atoms with van der Waals surface area (Å²) in [5, 5.41) is 9.74. The Morgan fingerprint density at radius 2 is 1.83 bits per heavy atom. The second kappa shape index (κ2) is 7.35. The molecule has 1 atom stereocenters. The quantitative estimate of drug-likeness (QED) is 0.758. The van der Waals surface area contributed by atoms with Gasteiger partial charge in [-0.05, 0) is 37.8 Å². The Labute approximate surface area is 170 Å². The topological polar surface area (TPSA) is 96.3 Å². The summed E-state index contributed by atoms with van der Waals surface area (Å²) in [5.41, 5.74) is 2.69. The molecule has 1 aliphatic heterocycles. The molecule has 4 amide bonds. The van der Waals surface area contributed by atoms with Gasteiger partial charge in [0.2, 0.25) is 5.91 Å². The maximum atomic E-state index is 13.0. The Morgan fingerprint density at radius 1 is 1.21 bits per heavy atom. The number of rotatable bonds is 5. The minimum atomic E-state index is -1.20. The molecular formula is C21H27N5O3. The highest BCUT2D eigenvalue weighted by Crippen LogP contribution is 2.30. The van der Waals surface area contributed by atoms with Crippen molar-refractivity contribution < 1.29 is 14.4 Å². The molecule has 1 fully saturated rings. The maximum Gasteiger partial charge on any atom is 0.325 e. The lowest BCUT2D eigenvalue weighted by atomic mass is 9.90. The lowest BCUT2D eigenvalue weighted by Gasteiger charge is -2.22. The first-order valence-electron chi connectivity index (χ1n) is 9.59. The fraction of sp³-hybridized carbons (Fsp3) is 0.429. The van der Waals surface area contributed by atoms with Crippen LogP contribution in [0.5, 0.6) is 0 Å². The second-order valence-corrected chi connectivity index (χ2v) is 7.94. The van der Waals surface area contributed by atoms with E-state index < -0.39 is 23.4 Å². The molecule has 0 bridgehead atoms. The van der Waals surface area contributed by atoms with Gasteiger partial charge in [0.15, 0.2) is 0 Å². The first-order valence-corrected chi connectivity index (χ1v) is 9.59. The van der Waals surface area contributed by atoms with Crippen molar-refractivity contribution in [3.05, 3.63) is 46.8 Å². The van der Waals surface area contributed by atoms with E-state index >= 15 is 0 Å². The summed E-state index contributed by atoms with van der Waals surface area (Å²) in [6.45, 7) is 9.09. The normalized spacial score (nSPS) is 19.1. The lowest BCUT2D eigenvalue weighted by molar-refractivity contribution is -0.133. The van der Waals surface area contributed by atoms with Crippen molar-refractivity contribution in [1.82, 2.24) is 20.0 Å². The number of nitrogens with zero attached hydrogens (tertiary/aromatic N) is 3. The molecule has 0 radical (unpaired) electrons. The minimum absolute atomic E-state index is 0.363. The first-order chi connectivity index (χ1) is 13.5. The summed E-state index contributed by atoms with van der Waals surface area (Å²) < 4.78 is 1.66. The Hall–Kier alpha value is -3.16. The van der Waals surface area contributed by atoms with Gasteiger partial charge in [0.05, 0.1) is 17.1 Å². The van der Waals surface area contributed by atoms with Gasteiger partial charge in [0, 0.05) is 7.05 Å². The fourth-order valence-electron chi connectivity index (χ4n) is 3.51. The molecule has 2 heterocycles. The number of amides is 4. The molecule has 0 unspecified atom stereocenters. The van der Waals surface area contributed by atoms with Gasteiger partial charge in [-0.25, -0.2) is 4.79 Å². The highest BCUT2D eigenvalue weighted by atomic mass is 16.2. The van der Waals surface area contributed by atoms with Crippen LogP contribution in [-0.4, -0.2) is 39.1 Å². The zero-order valence-electron chi connectivity index (χ0n) is 17.7. The zero-order chi connectivity index (χ0) is 21.5. The number of carbonyl (C=O) groups is 3. The third kappa shape index (κ3) is 3.62. The van der Waals surface area contributed by atoms with E-state index in [1.807, 2.05) is 31.2 Å². The molecule has 0 spiro atoms. The third-order valence-corrected chi connectivity index (χ3v) is 5.50. The van der Waals surface area contributed by atoms with Crippen LogP contribution >= 0.6 is 0 Å². The number of hydrogen-bond acceptors (Lipinski definition) is 4. The molecule has 154 valence electrons. The molecule has 29 heavy (non-hydrogen) atoms. The Balaban J connectivity index is 1.77. The van der Waals surface area contributed by atoms with Crippen LogP contribution in [0.3, 0.4) is 0 Å². The van der Waals surface area contributed by atoms with Crippen LogP contribution in [0.25, 0.3) is 0 Å². The van der Waals surface area contributed by atoms with Gasteiger partial charge in [-0.1, -0.05) is 38.1 Å². The molecule has 1 aromatic carbocycles. The number of imide groups is 1. The van der Waals surface area contributed by atoms with Crippen LogP contribution in [0.2, 0.25) is 0 Å². The summed E-state index contributed by atoms with van der Waals surface area (Å²) in [4.78, 5) is 39.0. The van der Waals surface area contributed by atoms with E-state index in [1.165, 1.54) is 0 Å². The number of hydrogen-bond donors (Lipinski definition) is 2. The van der Waals surface area contributed by atoms with Crippen molar-refractivity contribution in [2.45, 2.75) is 46.1 Å². The molecule has 8 nitrogen and oxygen atoms in total. The molecule has 0 saturated carbocycles. The monoisotopic (exact) mass is 397 g/mol. The Morgan fingerprint density at radius 3 is 2.34 bits per heavy atom. The van der Waals surface area contributed by atoms with Crippen LogP contribution in [0.15, 0.2) is 24.3 Å². The number of benzene rings is 1. The van der Waals surface area contributed by atoms with Gasteiger partial charge in [-0.3, -0.25) is 19.2 Å². The largest absolute Gasteiger partial charge is 0.325 e. The number of urea groups is 1. The van der Waals surface area contributed by atoms with Crippen molar-refractivity contribution >= 4 is 23.5 Å². The predicted octanol–water partition coefficient (Wildman–Crippen LogP) is 2.57. The van der Waals surface area contributed by atoms with E-state index in [1.54, 1.807) is 25.6 Å². The molecule has 2 N–H and O–H groups in total. The van der Waals surface area contributed by atoms with E-state index in [0.717, 1.165) is 16.2 Å². The van der Waals surface area contributed by atoms with Gasteiger partial charge in [-0.2, -0.15) is 5.10 Å². The van der Waals surface area contributed by atoms with Gasteiger partial charge in [0.1, 0.15) is 12.1 Å². The highest BCUT2D eigenvalue weighted by Gasteiger charge is 2.49. The number of aryl methyl sites for hydroxylation is 2. The molecule has 8 heteroatoms. The van der Waals surface area contributed by atoms with Crippen molar-refractivity contribution in [2.75, 3.05) is 11.9 Å². The summed E-state index contributed by atoms with van der Waals surface area (Å²) >= 11 is 0. The van der Waals surface area contributed by atoms with Crippen LogP contribution in [0, 0.1) is 13.8 Å². The van der Waals surface area contributed by atoms with E-state index in [2.05, 4.69) is 29.6 Å². The van der Waals surface area contributed by atoms with Gasteiger partial charge in [-0.15, -0.1) is 0 Å². The molecular weight excluding hydrogens is 370 g/mol. The molecule has 0 aliphatic carbocycles. The average molecular weight is 397 g/mol. The Bertz CT molecular complexity index is 977. The number of aromatic nitrogens is 2. The molecule has 2 aromatic rings. The third-order valence-electron chi connectivity index (χ3n) is 5.50. The van der Waals surface area contributed by atoms with Crippen molar-refractivity contribution in [3.63, 3.8) is 0 Å². The van der Waals surface area contributed by atoms with Gasteiger partial charge >= 0.3 is 6.03 Å². The van der Waals surface area contributed by atoms with Gasteiger partial charge in [0.25, 0.3) is 5.91 Å². The molecule has 1 aromatic heterocycles. The fourth-order valence-corrected chi connectivity index (χ4v) is 3.51. The predicted molar refractivity (Wildman–Crippen MR) is 109 cm³/mol. The standard InChI is InChI=1S/C21H27N5O3/c1-12(2)15-7-9-16(10-8-15)21(5)19(28)26(20(29)23-21)11-17(27)22-18-13(3)24-25(6)14(18)4/h7-10,12H,11H2,1-6H3,(H,22,27)(H,23,29)/t21-/m0/s1. The molecule has 3 rings (SSSR count). The lowest BCUT2D eigenvalue weighted by Crippen LogP contribution is -2.42. The number of carbonyl (C=O) groups excluding carboxylic acids is 3. The summed E-state index contributed by atoms with van der Waals surface area (Å²) in [5.74, 6) is -0.535. The highest BCUT2D eigenvalue weighted by molar-refractivity contribution is 6.10. The van der Waals surface area contributed by atoms with E-state index in [-0.39, 0.29) is 6.54 Å². The average Bonchev–Trinajstić information content (AvgIpc) is 3.03. The van der Waals surface area contributed by atoms with E-state index in [9.17, 15) is 14.4 Å². The molecule has 1 saturated heterocycles. The smallest absolute Gasteiger partial charge is 0.321 e. The van der Waals surface area contributed by atoms with Gasteiger partial charge < -0.3 is 10.6 Å². The van der Waals surface area contributed by atoms with Crippen LogP contribution in [-0.2, 0) is 22.2 Å². The molecule has 1 aliphatic rings. The SMILES string of the molecule is Cc1nn(C)c(C)c1NC(=O)CN1C(=O)N[C@@](C)(c2ccc(C(C)C)cc2)C1=O. The van der Waals surface area contributed by atoms with Crippen LogP contribution < -0.4 is 10.6 Å². The summed E-state index contributed by atoms with van der Waals surface area (Å²) in [6, 6.07) is 7.01. The van der Waals surface area contributed by atoms with Crippen LogP contribution in [0.1, 0.15) is 49.2 Å². The number of nitrogens with one attached hydrogen (secondary N) is 2. The van der Waals surface area contributed by atoms with Crippen molar-refractivity contribution in [3.8, 4) is 0 Å². The number of anilines is 1. The zero-order valence-corrected chi connectivity index (χ0v) is 17.7. The van der Waals surface area contributed by atoms with E-state index in [4.69, 9.17) is 0 Å².